The smallest absolute Gasteiger partial charge is 0.171 e. The van der Waals surface area contributed by atoms with Crippen LogP contribution in [0.4, 0.5) is 4.39 Å². The highest BCUT2D eigenvalue weighted by molar-refractivity contribution is 5.10. The van der Waals surface area contributed by atoms with Gasteiger partial charge in [-0.3, -0.25) is 0 Å². The first-order valence-corrected chi connectivity index (χ1v) is 12.6. The Labute approximate surface area is 184 Å². The molecule has 172 valence electrons. The first-order valence-electron chi connectivity index (χ1n) is 12.6. The average molecular weight is 433 g/mol. The van der Waals surface area contributed by atoms with Gasteiger partial charge in [-0.2, -0.15) is 4.80 Å². The largest absolute Gasteiger partial charge is 0.387 e. The molecule has 0 amide bonds. The molecule has 5 aliphatic rings. The van der Waals surface area contributed by atoms with Gasteiger partial charge in [0.1, 0.15) is 12.8 Å². The summed E-state index contributed by atoms with van der Waals surface area (Å²) in [7, 11) is 0. The summed E-state index contributed by atoms with van der Waals surface area (Å²) in [5.41, 5.74) is -0.654. The standard InChI is InChI=1S/C24H37FN4O2/c1-14-26-28-29(27-14)12-21-22(31-21)20-6-5-19-18-4-3-15-11-24(30,13-25)10-8-16(15)17(18)7-9-23(19,20)2/h15-22,30H,3-13H2,1-2H3/t15-,16+,17-,18-,19+,20-,21-,22?,23+,24-/m1/s1. The summed E-state index contributed by atoms with van der Waals surface area (Å²) in [5, 5.41) is 23.0. The maximum absolute atomic E-state index is 13.4. The second-order valence-electron chi connectivity index (χ2n) is 11.8. The second kappa shape index (κ2) is 7.21. The summed E-state index contributed by atoms with van der Waals surface area (Å²) in [4.78, 5) is 1.69. The van der Waals surface area contributed by atoms with Crippen LogP contribution >= 0.6 is 0 Å². The molecule has 1 N–H and O–H groups in total. The number of nitrogens with zero attached hydrogens (tertiary/aromatic N) is 4. The van der Waals surface area contributed by atoms with E-state index in [9.17, 15) is 9.50 Å². The van der Waals surface area contributed by atoms with Crippen LogP contribution in [0.1, 0.15) is 70.5 Å². The lowest BCUT2D eigenvalue weighted by Gasteiger charge is -2.57. The van der Waals surface area contributed by atoms with Crippen molar-refractivity contribution in [2.24, 2.45) is 40.9 Å². The number of hydrogen-bond acceptors (Lipinski definition) is 5. The van der Waals surface area contributed by atoms with Gasteiger partial charge in [0.2, 0.25) is 0 Å². The Balaban J connectivity index is 1.14. The van der Waals surface area contributed by atoms with E-state index in [2.05, 4.69) is 22.3 Å². The van der Waals surface area contributed by atoms with Gasteiger partial charge in [0.25, 0.3) is 0 Å². The fraction of sp³-hybridized carbons (Fsp3) is 0.958. The van der Waals surface area contributed by atoms with Crippen molar-refractivity contribution in [3.05, 3.63) is 5.82 Å². The predicted octanol–water partition coefficient (Wildman–Crippen LogP) is 3.72. The number of alkyl halides is 1. The lowest BCUT2D eigenvalue weighted by Crippen LogP contribution is -2.51. The Hall–Kier alpha value is -1.08. The molecule has 6 rings (SSSR count). The first-order chi connectivity index (χ1) is 14.9. The monoisotopic (exact) mass is 432 g/mol. The van der Waals surface area contributed by atoms with Crippen LogP contribution in [0.2, 0.25) is 0 Å². The third kappa shape index (κ3) is 3.28. The Kier molecular flexibility index (Phi) is 4.77. The minimum atomic E-state index is -1.04. The van der Waals surface area contributed by atoms with E-state index in [0.29, 0.717) is 47.9 Å². The maximum Gasteiger partial charge on any atom is 0.171 e. The molecule has 1 unspecified atom stereocenters. The number of halogens is 1. The van der Waals surface area contributed by atoms with Gasteiger partial charge >= 0.3 is 0 Å². The van der Waals surface area contributed by atoms with Crippen molar-refractivity contribution in [1.29, 1.82) is 0 Å². The lowest BCUT2D eigenvalue weighted by atomic mass is 9.49. The van der Waals surface area contributed by atoms with E-state index in [1.54, 1.807) is 4.80 Å². The van der Waals surface area contributed by atoms with Crippen molar-refractivity contribution in [1.82, 2.24) is 20.2 Å². The first kappa shape index (κ1) is 20.5. The van der Waals surface area contributed by atoms with E-state index in [0.717, 1.165) is 30.7 Å². The molecule has 4 aliphatic carbocycles. The zero-order valence-electron chi connectivity index (χ0n) is 18.9. The number of aliphatic hydroxyl groups is 1. The van der Waals surface area contributed by atoms with Crippen LogP contribution in [0.25, 0.3) is 0 Å². The van der Waals surface area contributed by atoms with E-state index in [1.807, 2.05) is 6.92 Å². The van der Waals surface area contributed by atoms with E-state index in [1.165, 1.54) is 38.5 Å². The van der Waals surface area contributed by atoms with Crippen molar-refractivity contribution >= 4 is 0 Å². The van der Waals surface area contributed by atoms with Crippen LogP contribution in [0.3, 0.4) is 0 Å². The van der Waals surface area contributed by atoms with Crippen LogP contribution in [0.5, 0.6) is 0 Å². The number of fused-ring (bicyclic) bond motifs is 5. The Morgan fingerprint density at radius 2 is 1.87 bits per heavy atom. The molecule has 0 aromatic carbocycles. The average Bonchev–Trinajstić information content (AvgIpc) is 3.22. The van der Waals surface area contributed by atoms with Crippen molar-refractivity contribution in [2.45, 2.75) is 96.0 Å². The summed E-state index contributed by atoms with van der Waals surface area (Å²) in [6, 6.07) is 0. The molecule has 0 spiro atoms. The maximum atomic E-state index is 13.4. The second-order valence-corrected chi connectivity index (χ2v) is 11.8. The highest BCUT2D eigenvalue weighted by Crippen LogP contribution is 2.66. The van der Waals surface area contributed by atoms with Gasteiger partial charge < -0.3 is 9.84 Å². The molecule has 1 aromatic heterocycles. The third-order valence-electron chi connectivity index (χ3n) is 10.3. The zero-order chi connectivity index (χ0) is 21.4. The minimum absolute atomic E-state index is 0.236. The number of aromatic nitrogens is 4. The van der Waals surface area contributed by atoms with Gasteiger partial charge in [-0.15, -0.1) is 10.2 Å². The fourth-order valence-corrected chi connectivity index (χ4v) is 8.88. The number of hydrogen-bond donors (Lipinski definition) is 1. The summed E-state index contributed by atoms with van der Waals surface area (Å²) in [6.07, 6.45) is 10.6. The molecule has 1 saturated heterocycles. The molecule has 1 aliphatic heterocycles. The van der Waals surface area contributed by atoms with E-state index in [4.69, 9.17) is 4.74 Å². The summed E-state index contributed by atoms with van der Waals surface area (Å²) in [6.45, 7) is 4.57. The van der Waals surface area contributed by atoms with Gasteiger partial charge in [0.05, 0.1) is 18.2 Å². The SMILES string of the molecule is Cc1nnn(C[C@H]2OC2[C@H]2CC[C@H]3[C@@H]4CC[C@@H]5C[C@@](O)(CF)CC[C@@H]5[C@H]4CC[C@]23C)n1. The Morgan fingerprint density at radius 3 is 2.65 bits per heavy atom. The molecule has 2 heterocycles. The topological polar surface area (TPSA) is 76.4 Å². The van der Waals surface area contributed by atoms with Gasteiger partial charge in [-0.25, -0.2) is 4.39 Å². The zero-order valence-corrected chi connectivity index (χ0v) is 18.9. The normalized spacial score (nSPS) is 51.1. The molecule has 10 atom stereocenters. The van der Waals surface area contributed by atoms with Crippen LogP contribution in [-0.2, 0) is 11.3 Å². The number of epoxide rings is 1. The summed E-state index contributed by atoms with van der Waals surface area (Å²) in [5.74, 6) is 5.01. The van der Waals surface area contributed by atoms with Crippen LogP contribution in [-0.4, -0.2) is 49.8 Å². The Bertz CT molecular complexity index is 834. The minimum Gasteiger partial charge on any atom is -0.387 e. The molecule has 7 heteroatoms. The third-order valence-corrected chi connectivity index (χ3v) is 10.3. The van der Waals surface area contributed by atoms with Crippen molar-refractivity contribution < 1.29 is 14.2 Å². The van der Waals surface area contributed by atoms with Crippen molar-refractivity contribution in [3.63, 3.8) is 0 Å². The Morgan fingerprint density at radius 1 is 1.06 bits per heavy atom. The molecule has 1 aromatic rings. The van der Waals surface area contributed by atoms with E-state index < -0.39 is 12.3 Å². The van der Waals surface area contributed by atoms with Crippen LogP contribution in [0.15, 0.2) is 0 Å². The van der Waals surface area contributed by atoms with Crippen molar-refractivity contribution in [2.75, 3.05) is 6.67 Å². The predicted molar refractivity (Wildman–Crippen MR) is 113 cm³/mol. The number of ether oxygens (including phenoxy) is 1. The fourth-order valence-electron chi connectivity index (χ4n) is 8.88. The highest BCUT2D eigenvalue weighted by atomic mass is 19.1. The van der Waals surface area contributed by atoms with Crippen molar-refractivity contribution in [3.8, 4) is 0 Å². The molecule has 0 radical (unpaired) electrons. The van der Waals surface area contributed by atoms with E-state index in [-0.39, 0.29) is 6.10 Å². The molecular weight excluding hydrogens is 395 g/mol. The number of tetrazole rings is 1. The van der Waals surface area contributed by atoms with Crippen LogP contribution in [0, 0.1) is 47.8 Å². The molecule has 0 bridgehead atoms. The molecule has 31 heavy (non-hydrogen) atoms. The molecular formula is C24H37FN4O2. The van der Waals surface area contributed by atoms with Gasteiger partial charge in [0.15, 0.2) is 5.82 Å². The van der Waals surface area contributed by atoms with Gasteiger partial charge in [-0.1, -0.05) is 6.92 Å². The lowest BCUT2D eigenvalue weighted by molar-refractivity contribution is -0.112. The number of aryl methyl sites for hydroxylation is 1. The summed E-state index contributed by atoms with van der Waals surface area (Å²) < 4.78 is 19.6. The number of rotatable bonds is 4. The van der Waals surface area contributed by atoms with Gasteiger partial charge in [0, 0.05) is 0 Å². The summed E-state index contributed by atoms with van der Waals surface area (Å²) >= 11 is 0. The quantitative estimate of drug-likeness (QED) is 0.734. The van der Waals surface area contributed by atoms with Crippen LogP contribution < -0.4 is 0 Å². The van der Waals surface area contributed by atoms with Gasteiger partial charge in [-0.05, 0) is 111 Å². The highest BCUT2D eigenvalue weighted by Gasteiger charge is 2.62. The molecule has 5 fully saturated rings. The molecule has 4 saturated carbocycles. The van der Waals surface area contributed by atoms with E-state index >= 15 is 0 Å². The molecule has 6 nitrogen and oxygen atoms in total.